The monoisotopic (exact) mass is 403 g/mol. The molecule has 2 aromatic rings. The van der Waals surface area contributed by atoms with Gasteiger partial charge in [-0.05, 0) is 55.9 Å². The second kappa shape index (κ2) is 10.6. The number of ether oxygens (including phenoxy) is 2. The molecule has 1 aliphatic carbocycles. The van der Waals surface area contributed by atoms with Gasteiger partial charge in [0.05, 0.1) is 5.92 Å². The molecule has 0 bridgehead atoms. The van der Waals surface area contributed by atoms with Gasteiger partial charge in [-0.1, -0.05) is 30.3 Å². The highest BCUT2D eigenvalue weighted by Crippen LogP contribution is 2.34. The second-order valence-corrected chi connectivity index (χ2v) is 6.80. The standard InChI is InChI=1S/C21H25N3O3.ClH/c22-21(23)24-14-15-10-12-16(13-11-15)20(25)27-19-9-5-4-8-18(19)26-17-6-2-1-3-7-17;/h1-9,15-16H,10-14H2,(H4,22,23,24);1H/t15-,16-;. The van der Waals surface area contributed by atoms with Gasteiger partial charge < -0.3 is 20.5 Å². The van der Waals surface area contributed by atoms with Crippen molar-refractivity contribution in [1.29, 1.82) is 5.41 Å². The minimum atomic E-state index is -0.211. The normalized spacial score (nSPS) is 18.4. The molecule has 150 valence electrons. The third kappa shape index (κ3) is 6.16. The van der Waals surface area contributed by atoms with Crippen molar-refractivity contribution in [3.63, 3.8) is 0 Å². The molecule has 0 amide bonds. The topological polar surface area (TPSA) is 97.4 Å². The van der Waals surface area contributed by atoms with Crippen LogP contribution in [0.25, 0.3) is 0 Å². The Hall–Kier alpha value is -2.73. The third-order valence-corrected chi connectivity index (χ3v) is 4.79. The van der Waals surface area contributed by atoms with Crippen LogP contribution in [-0.4, -0.2) is 18.5 Å². The van der Waals surface area contributed by atoms with Crippen LogP contribution in [-0.2, 0) is 4.79 Å². The number of hydrogen-bond acceptors (Lipinski definition) is 4. The highest BCUT2D eigenvalue weighted by atomic mass is 35.5. The number of carbonyl (C=O) groups excluding carboxylic acids is 1. The highest BCUT2D eigenvalue weighted by molar-refractivity contribution is 5.85. The van der Waals surface area contributed by atoms with Crippen molar-refractivity contribution in [3.8, 4) is 17.2 Å². The number of nitrogens with one attached hydrogen (secondary N) is 2. The SMILES string of the molecule is Cl.N=C(N)NC[C@H]1CC[C@H](C(=O)Oc2ccccc2Oc2ccccc2)CC1. The fraction of sp³-hybridized carbons (Fsp3) is 0.333. The molecule has 3 rings (SSSR count). The first kappa shape index (κ1) is 21.6. The molecule has 0 aromatic heterocycles. The van der Waals surface area contributed by atoms with E-state index in [0.29, 0.717) is 29.7 Å². The number of nitrogens with two attached hydrogens (primary N) is 1. The average molecular weight is 404 g/mol. The van der Waals surface area contributed by atoms with Crippen LogP contribution in [0.15, 0.2) is 54.6 Å². The van der Waals surface area contributed by atoms with E-state index in [4.69, 9.17) is 20.6 Å². The van der Waals surface area contributed by atoms with Crippen LogP contribution in [0.2, 0.25) is 0 Å². The van der Waals surface area contributed by atoms with Crippen molar-refractivity contribution < 1.29 is 14.3 Å². The molecule has 0 spiro atoms. The van der Waals surface area contributed by atoms with Crippen LogP contribution in [0.4, 0.5) is 0 Å². The van der Waals surface area contributed by atoms with Crippen molar-refractivity contribution in [1.82, 2.24) is 5.32 Å². The zero-order valence-electron chi connectivity index (χ0n) is 15.6. The number of rotatable bonds is 6. The number of esters is 1. The summed E-state index contributed by atoms with van der Waals surface area (Å²) in [5, 5.41) is 10.1. The number of para-hydroxylation sites is 3. The van der Waals surface area contributed by atoms with E-state index >= 15 is 0 Å². The van der Waals surface area contributed by atoms with Crippen molar-refractivity contribution in [2.24, 2.45) is 17.6 Å². The molecule has 0 heterocycles. The van der Waals surface area contributed by atoms with Crippen LogP contribution in [0.1, 0.15) is 25.7 Å². The summed E-state index contributed by atoms with van der Waals surface area (Å²) in [5.41, 5.74) is 5.33. The summed E-state index contributed by atoms with van der Waals surface area (Å²) in [5.74, 6) is 1.77. The van der Waals surface area contributed by atoms with Crippen LogP contribution in [0.5, 0.6) is 17.2 Å². The van der Waals surface area contributed by atoms with E-state index in [1.54, 1.807) is 12.1 Å². The Balaban J connectivity index is 0.00000280. The predicted octanol–water partition coefficient (Wildman–Crippen LogP) is 4.10. The molecule has 7 heteroatoms. The van der Waals surface area contributed by atoms with E-state index in [-0.39, 0.29) is 30.3 Å². The van der Waals surface area contributed by atoms with Gasteiger partial charge in [-0.2, -0.15) is 0 Å². The van der Waals surface area contributed by atoms with E-state index in [1.807, 2.05) is 42.5 Å². The lowest BCUT2D eigenvalue weighted by Gasteiger charge is -2.27. The smallest absolute Gasteiger partial charge is 0.314 e. The zero-order chi connectivity index (χ0) is 19.1. The molecule has 28 heavy (non-hydrogen) atoms. The van der Waals surface area contributed by atoms with E-state index in [0.717, 1.165) is 25.7 Å². The van der Waals surface area contributed by atoms with Gasteiger partial charge in [-0.3, -0.25) is 10.2 Å². The lowest BCUT2D eigenvalue weighted by Crippen LogP contribution is -2.36. The minimum absolute atomic E-state index is 0. The molecule has 6 nitrogen and oxygen atoms in total. The maximum Gasteiger partial charge on any atom is 0.314 e. The fourth-order valence-corrected chi connectivity index (χ4v) is 3.28. The van der Waals surface area contributed by atoms with Crippen molar-refractivity contribution in [2.75, 3.05) is 6.54 Å². The van der Waals surface area contributed by atoms with Gasteiger partial charge in [-0.25, -0.2) is 0 Å². The average Bonchev–Trinajstić information content (AvgIpc) is 2.69. The first-order valence-electron chi connectivity index (χ1n) is 9.23. The molecule has 0 unspecified atom stereocenters. The lowest BCUT2D eigenvalue weighted by atomic mass is 9.82. The lowest BCUT2D eigenvalue weighted by molar-refractivity contribution is -0.140. The summed E-state index contributed by atoms with van der Waals surface area (Å²) < 4.78 is 11.5. The summed E-state index contributed by atoms with van der Waals surface area (Å²) in [6.45, 7) is 0.685. The van der Waals surface area contributed by atoms with Crippen LogP contribution in [0, 0.1) is 17.2 Å². The van der Waals surface area contributed by atoms with E-state index in [2.05, 4.69) is 5.32 Å². The van der Waals surface area contributed by atoms with Gasteiger partial charge in [0.2, 0.25) is 0 Å². The molecular formula is C21H26ClN3O3. The Morgan fingerprint density at radius 1 is 1.00 bits per heavy atom. The van der Waals surface area contributed by atoms with Gasteiger partial charge in [0, 0.05) is 6.54 Å². The fourth-order valence-electron chi connectivity index (χ4n) is 3.28. The number of guanidine groups is 1. The van der Waals surface area contributed by atoms with E-state index in [1.165, 1.54) is 0 Å². The number of benzene rings is 2. The Morgan fingerprint density at radius 2 is 1.61 bits per heavy atom. The van der Waals surface area contributed by atoms with Gasteiger partial charge >= 0.3 is 5.97 Å². The van der Waals surface area contributed by atoms with Gasteiger partial charge in [0.15, 0.2) is 17.5 Å². The summed E-state index contributed by atoms with van der Waals surface area (Å²) in [6.07, 6.45) is 3.40. The molecule has 0 radical (unpaired) electrons. The maximum absolute atomic E-state index is 12.6. The first-order valence-corrected chi connectivity index (χ1v) is 9.23. The Morgan fingerprint density at radius 3 is 2.25 bits per heavy atom. The summed E-state index contributed by atoms with van der Waals surface area (Å²) in [6, 6.07) is 16.6. The van der Waals surface area contributed by atoms with Crippen LogP contribution in [0.3, 0.4) is 0 Å². The molecule has 2 aromatic carbocycles. The number of halogens is 1. The minimum Gasteiger partial charge on any atom is -0.453 e. The zero-order valence-corrected chi connectivity index (χ0v) is 16.4. The quantitative estimate of drug-likeness (QED) is 0.292. The summed E-state index contributed by atoms with van der Waals surface area (Å²) in [4.78, 5) is 12.6. The van der Waals surface area contributed by atoms with Gasteiger partial charge in [0.1, 0.15) is 5.75 Å². The molecular weight excluding hydrogens is 378 g/mol. The third-order valence-electron chi connectivity index (χ3n) is 4.79. The number of carbonyl (C=O) groups is 1. The summed E-state index contributed by atoms with van der Waals surface area (Å²) in [7, 11) is 0. The van der Waals surface area contributed by atoms with E-state index < -0.39 is 0 Å². The molecule has 4 N–H and O–H groups in total. The van der Waals surface area contributed by atoms with Gasteiger partial charge in [0.25, 0.3) is 0 Å². The van der Waals surface area contributed by atoms with Crippen molar-refractivity contribution >= 4 is 24.3 Å². The largest absolute Gasteiger partial charge is 0.453 e. The van der Waals surface area contributed by atoms with Crippen LogP contribution >= 0.6 is 12.4 Å². The molecule has 1 aliphatic rings. The second-order valence-electron chi connectivity index (χ2n) is 6.80. The number of hydrogen-bond donors (Lipinski definition) is 3. The Labute approximate surface area is 171 Å². The molecule has 0 atom stereocenters. The summed E-state index contributed by atoms with van der Waals surface area (Å²) >= 11 is 0. The van der Waals surface area contributed by atoms with E-state index in [9.17, 15) is 4.79 Å². The highest BCUT2D eigenvalue weighted by Gasteiger charge is 2.28. The predicted molar refractivity (Wildman–Crippen MR) is 111 cm³/mol. The molecule has 1 fully saturated rings. The first-order chi connectivity index (χ1) is 13.1. The maximum atomic E-state index is 12.6. The van der Waals surface area contributed by atoms with Crippen molar-refractivity contribution in [2.45, 2.75) is 25.7 Å². The van der Waals surface area contributed by atoms with Crippen molar-refractivity contribution in [3.05, 3.63) is 54.6 Å². The molecule has 0 aliphatic heterocycles. The molecule has 1 saturated carbocycles. The Kier molecular flexibility index (Phi) is 8.14. The molecule has 0 saturated heterocycles. The van der Waals surface area contributed by atoms with Gasteiger partial charge in [-0.15, -0.1) is 12.4 Å². The Bertz CT molecular complexity index is 777. The van der Waals surface area contributed by atoms with Crippen LogP contribution < -0.4 is 20.5 Å².